The fourth-order valence-electron chi connectivity index (χ4n) is 3.56. The summed E-state index contributed by atoms with van der Waals surface area (Å²) in [6.07, 6.45) is 5.01. The van der Waals surface area contributed by atoms with Gasteiger partial charge in [0.2, 0.25) is 0 Å². The number of H-pyrrole nitrogens is 1. The molecule has 0 fully saturated rings. The van der Waals surface area contributed by atoms with Crippen LogP contribution >= 0.6 is 0 Å². The molecule has 1 aliphatic rings. The van der Waals surface area contributed by atoms with Gasteiger partial charge < -0.3 is 24.7 Å². The molecule has 0 bridgehead atoms. The summed E-state index contributed by atoms with van der Waals surface area (Å²) < 4.78 is 10.7. The SMILES string of the molecule is COCCOc1ccccc1NC(=O)N1CC=C(c2c[nH]c3ccccc23)CC1. The molecule has 0 aliphatic carbocycles. The zero-order valence-corrected chi connectivity index (χ0v) is 16.5. The van der Waals surface area contributed by atoms with Gasteiger partial charge in [0.25, 0.3) is 0 Å². The first-order chi connectivity index (χ1) is 14.3. The third-order valence-electron chi connectivity index (χ3n) is 5.11. The summed E-state index contributed by atoms with van der Waals surface area (Å²) in [5.41, 5.74) is 4.29. The summed E-state index contributed by atoms with van der Waals surface area (Å²) >= 11 is 0. The number of nitrogens with zero attached hydrogens (tertiary/aromatic N) is 1. The fourth-order valence-corrected chi connectivity index (χ4v) is 3.56. The Hall–Kier alpha value is -3.25. The average molecular weight is 391 g/mol. The number of urea groups is 1. The summed E-state index contributed by atoms with van der Waals surface area (Å²) in [6, 6.07) is 15.6. The van der Waals surface area contributed by atoms with Crippen LogP contribution in [0.1, 0.15) is 12.0 Å². The van der Waals surface area contributed by atoms with E-state index in [9.17, 15) is 4.79 Å². The van der Waals surface area contributed by atoms with Gasteiger partial charge in [0.1, 0.15) is 12.4 Å². The molecule has 150 valence electrons. The van der Waals surface area contributed by atoms with Crippen LogP contribution < -0.4 is 10.1 Å². The highest BCUT2D eigenvalue weighted by Crippen LogP contribution is 2.30. The Morgan fingerprint density at radius 3 is 2.79 bits per heavy atom. The zero-order chi connectivity index (χ0) is 20.1. The van der Waals surface area contributed by atoms with E-state index in [4.69, 9.17) is 9.47 Å². The van der Waals surface area contributed by atoms with Crippen molar-refractivity contribution in [1.82, 2.24) is 9.88 Å². The summed E-state index contributed by atoms with van der Waals surface area (Å²) in [6.45, 7) is 2.18. The lowest BCUT2D eigenvalue weighted by atomic mass is 9.99. The number of carbonyl (C=O) groups is 1. The van der Waals surface area contributed by atoms with Crippen molar-refractivity contribution in [3.8, 4) is 5.75 Å². The number of amides is 2. The van der Waals surface area contributed by atoms with E-state index >= 15 is 0 Å². The van der Waals surface area contributed by atoms with Crippen LogP contribution in [0.15, 0.2) is 60.8 Å². The zero-order valence-electron chi connectivity index (χ0n) is 16.5. The lowest BCUT2D eigenvalue weighted by Crippen LogP contribution is -2.38. The fraction of sp³-hybridized carbons (Fsp3) is 0.261. The first kappa shape index (κ1) is 19.1. The van der Waals surface area contributed by atoms with Crippen LogP contribution in [0.3, 0.4) is 0 Å². The number of benzene rings is 2. The minimum atomic E-state index is -0.123. The molecule has 0 unspecified atom stereocenters. The van der Waals surface area contributed by atoms with Gasteiger partial charge in [-0.15, -0.1) is 0 Å². The van der Waals surface area contributed by atoms with Gasteiger partial charge in [-0.3, -0.25) is 0 Å². The van der Waals surface area contributed by atoms with Crippen LogP contribution in [-0.4, -0.2) is 49.3 Å². The average Bonchev–Trinajstić information content (AvgIpc) is 3.19. The number of methoxy groups -OCH3 is 1. The molecule has 0 saturated heterocycles. The Morgan fingerprint density at radius 2 is 1.97 bits per heavy atom. The number of nitrogens with one attached hydrogen (secondary N) is 2. The minimum Gasteiger partial charge on any atom is -0.489 e. The van der Waals surface area contributed by atoms with E-state index in [0.717, 1.165) is 11.9 Å². The maximum absolute atomic E-state index is 12.8. The highest BCUT2D eigenvalue weighted by atomic mass is 16.5. The molecule has 29 heavy (non-hydrogen) atoms. The number of fused-ring (bicyclic) bond motifs is 1. The van der Waals surface area contributed by atoms with Crippen LogP contribution in [0.5, 0.6) is 5.75 Å². The minimum absolute atomic E-state index is 0.123. The molecule has 0 atom stereocenters. The van der Waals surface area contributed by atoms with Gasteiger partial charge in [0, 0.05) is 42.9 Å². The Balaban J connectivity index is 1.42. The van der Waals surface area contributed by atoms with Crippen LogP contribution in [0.4, 0.5) is 10.5 Å². The van der Waals surface area contributed by atoms with Crippen molar-refractivity contribution in [1.29, 1.82) is 0 Å². The molecular weight excluding hydrogens is 366 g/mol. The summed E-state index contributed by atoms with van der Waals surface area (Å²) in [5.74, 6) is 0.643. The molecule has 1 aromatic heterocycles. The lowest BCUT2D eigenvalue weighted by molar-refractivity contribution is 0.146. The van der Waals surface area contributed by atoms with Crippen molar-refractivity contribution in [2.24, 2.45) is 0 Å². The maximum atomic E-state index is 12.8. The monoisotopic (exact) mass is 391 g/mol. The molecule has 1 aliphatic heterocycles. The van der Waals surface area contributed by atoms with Crippen LogP contribution in [-0.2, 0) is 4.74 Å². The van der Waals surface area contributed by atoms with Gasteiger partial charge in [0.05, 0.1) is 12.3 Å². The summed E-state index contributed by atoms with van der Waals surface area (Å²) in [4.78, 5) is 17.9. The van der Waals surface area contributed by atoms with Gasteiger partial charge in [0.15, 0.2) is 0 Å². The Labute approximate surface area is 170 Å². The van der Waals surface area contributed by atoms with Crippen molar-refractivity contribution in [2.45, 2.75) is 6.42 Å². The summed E-state index contributed by atoms with van der Waals surface area (Å²) in [5, 5.41) is 4.19. The van der Waals surface area contributed by atoms with Crippen molar-refractivity contribution in [3.63, 3.8) is 0 Å². The number of aromatic amines is 1. The molecule has 2 heterocycles. The van der Waals surface area contributed by atoms with E-state index in [1.807, 2.05) is 35.2 Å². The molecule has 4 rings (SSSR count). The molecule has 0 saturated carbocycles. The normalized spacial score (nSPS) is 14.0. The summed E-state index contributed by atoms with van der Waals surface area (Å²) in [7, 11) is 1.63. The number of para-hydroxylation sites is 3. The number of hydrogen-bond donors (Lipinski definition) is 2. The number of ether oxygens (including phenoxy) is 2. The second-order valence-electron chi connectivity index (χ2n) is 6.94. The van der Waals surface area contributed by atoms with E-state index in [-0.39, 0.29) is 6.03 Å². The van der Waals surface area contributed by atoms with Crippen molar-refractivity contribution >= 4 is 28.2 Å². The predicted octanol–water partition coefficient (Wildman–Crippen LogP) is 4.51. The molecule has 0 spiro atoms. The van der Waals surface area contributed by atoms with E-state index in [1.54, 1.807) is 7.11 Å². The maximum Gasteiger partial charge on any atom is 0.322 e. The van der Waals surface area contributed by atoms with Gasteiger partial charge in [-0.25, -0.2) is 4.79 Å². The first-order valence-corrected chi connectivity index (χ1v) is 9.78. The molecule has 2 amide bonds. The smallest absolute Gasteiger partial charge is 0.322 e. The van der Waals surface area contributed by atoms with Crippen molar-refractivity contribution in [2.75, 3.05) is 38.7 Å². The van der Waals surface area contributed by atoms with E-state index in [1.165, 1.54) is 16.5 Å². The van der Waals surface area contributed by atoms with E-state index in [2.05, 4.69) is 40.8 Å². The Morgan fingerprint density at radius 1 is 1.14 bits per heavy atom. The second kappa shape index (κ2) is 8.84. The van der Waals surface area contributed by atoms with Gasteiger partial charge in [-0.05, 0) is 30.2 Å². The number of carbonyl (C=O) groups excluding carboxylic acids is 1. The first-order valence-electron chi connectivity index (χ1n) is 9.78. The second-order valence-corrected chi connectivity index (χ2v) is 6.94. The van der Waals surface area contributed by atoms with E-state index < -0.39 is 0 Å². The molecule has 0 radical (unpaired) electrons. The van der Waals surface area contributed by atoms with Gasteiger partial charge in [-0.1, -0.05) is 36.4 Å². The topological polar surface area (TPSA) is 66.6 Å². The Kier molecular flexibility index (Phi) is 5.81. The van der Waals surface area contributed by atoms with Crippen molar-refractivity contribution in [3.05, 3.63) is 66.4 Å². The predicted molar refractivity (Wildman–Crippen MR) is 115 cm³/mol. The highest BCUT2D eigenvalue weighted by Gasteiger charge is 2.20. The highest BCUT2D eigenvalue weighted by molar-refractivity contribution is 5.94. The quantitative estimate of drug-likeness (QED) is 0.608. The van der Waals surface area contributed by atoms with Gasteiger partial charge in [-0.2, -0.15) is 0 Å². The van der Waals surface area contributed by atoms with Crippen LogP contribution in [0, 0.1) is 0 Å². The molecular formula is C23H25N3O3. The number of hydrogen-bond acceptors (Lipinski definition) is 3. The number of anilines is 1. The van der Waals surface area contributed by atoms with E-state index in [0.29, 0.717) is 37.7 Å². The van der Waals surface area contributed by atoms with Crippen molar-refractivity contribution < 1.29 is 14.3 Å². The largest absolute Gasteiger partial charge is 0.489 e. The molecule has 3 aromatic rings. The van der Waals surface area contributed by atoms with Crippen LogP contribution in [0.25, 0.3) is 16.5 Å². The lowest BCUT2D eigenvalue weighted by Gasteiger charge is -2.27. The van der Waals surface area contributed by atoms with Gasteiger partial charge >= 0.3 is 6.03 Å². The Bertz CT molecular complexity index is 1020. The van der Waals surface area contributed by atoms with Crippen LogP contribution in [0.2, 0.25) is 0 Å². The molecule has 2 N–H and O–H groups in total. The third kappa shape index (κ3) is 4.27. The molecule has 6 heteroatoms. The molecule has 6 nitrogen and oxygen atoms in total. The molecule has 2 aromatic carbocycles. The third-order valence-corrected chi connectivity index (χ3v) is 5.11. The number of rotatable bonds is 6. The number of aromatic nitrogens is 1. The standard InChI is InChI=1S/C23H25N3O3/c1-28-14-15-29-22-9-5-4-8-21(22)25-23(27)26-12-10-17(11-13-26)19-16-24-20-7-3-2-6-18(19)20/h2-10,16,24H,11-15H2,1H3,(H,25,27).